The summed E-state index contributed by atoms with van der Waals surface area (Å²) in [6, 6.07) is 76.2. The van der Waals surface area contributed by atoms with Gasteiger partial charge in [-0.1, -0.05) is 198 Å². The SMILES string of the molecule is CC(C)c1ccccc1-c1cc2ccccc2cc1N(c1ccc(-c2c(-c3ccccc3)cccc2-c2ccccc2)cc1)c1ccc2c(c1)C(C)(C)c1ccccc1-2. The van der Waals surface area contributed by atoms with Gasteiger partial charge in [0.15, 0.2) is 0 Å². The molecule has 59 heavy (non-hydrogen) atoms. The fourth-order valence-corrected chi connectivity index (χ4v) is 9.49. The molecule has 0 bridgehead atoms. The van der Waals surface area contributed by atoms with Crippen molar-refractivity contribution >= 4 is 27.8 Å². The maximum absolute atomic E-state index is 2.50. The highest BCUT2D eigenvalue weighted by molar-refractivity contribution is 6.00. The Kier molecular flexibility index (Phi) is 9.11. The van der Waals surface area contributed by atoms with Crippen molar-refractivity contribution in [2.24, 2.45) is 0 Å². The molecule has 10 rings (SSSR count). The first-order valence-electron chi connectivity index (χ1n) is 20.9. The Morgan fingerprint density at radius 2 is 0.898 bits per heavy atom. The predicted molar refractivity (Wildman–Crippen MR) is 252 cm³/mol. The lowest BCUT2D eigenvalue weighted by molar-refractivity contribution is 0.660. The van der Waals surface area contributed by atoms with Crippen molar-refractivity contribution in [1.82, 2.24) is 0 Å². The summed E-state index contributed by atoms with van der Waals surface area (Å²) in [5.41, 5.74) is 19.8. The first kappa shape index (κ1) is 36.4. The van der Waals surface area contributed by atoms with E-state index in [1.807, 2.05) is 0 Å². The highest BCUT2D eigenvalue weighted by Crippen LogP contribution is 2.52. The Bertz CT molecular complexity index is 2920. The Morgan fingerprint density at radius 3 is 1.56 bits per heavy atom. The monoisotopic (exact) mass is 757 g/mol. The van der Waals surface area contributed by atoms with E-state index in [0.29, 0.717) is 5.92 Å². The number of fused-ring (bicyclic) bond motifs is 4. The molecule has 0 N–H and O–H groups in total. The van der Waals surface area contributed by atoms with E-state index in [0.717, 1.165) is 17.1 Å². The molecule has 0 heterocycles. The Hall–Kier alpha value is -6.96. The van der Waals surface area contributed by atoms with E-state index in [1.165, 1.54) is 83.1 Å². The van der Waals surface area contributed by atoms with Crippen LogP contribution in [0.4, 0.5) is 17.1 Å². The summed E-state index contributed by atoms with van der Waals surface area (Å²) >= 11 is 0. The van der Waals surface area contributed by atoms with Crippen LogP contribution in [-0.4, -0.2) is 0 Å². The molecule has 0 aliphatic heterocycles. The average molecular weight is 758 g/mol. The number of hydrogen-bond acceptors (Lipinski definition) is 1. The van der Waals surface area contributed by atoms with Crippen LogP contribution in [0.5, 0.6) is 0 Å². The molecule has 1 aliphatic carbocycles. The molecule has 1 nitrogen and oxygen atoms in total. The highest BCUT2D eigenvalue weighted by Gasteiger charge is 2.36. The minimum Gasteiger partial charge on any atom is -0.310 e. The largest absolute Gasteiger partial charge is 0.310 e. The van der Waals surface area contributed by atoms with Gasteiger partial charge in [0.25, 0.3) is 0 Å². The quantitative estimate of drug-likeness (QED) is 0.149. The zero-order valence-electron chi connectivity index (χ0n) is 34.2. The minimum atomic E-state index is -0.136. The van der Waals surface area contributed by atoms with Crippen LogP contribution in [-0.2, 0) is 5.41 Å². The fraction of sp³-hybridized carbons (Fsp3) is 0.103. The van der Waals surface area contributed by atoms with E-state index >= 15 is 0 Å². The van der Waals surface area contributed by atoms with Crippen LogP contribution in [0.1, 0.15) is 50.3 Å². The van der Waals surface area contributed by atoms with E-state index in [4.69, 9.17) is 0 Å². The maximum atomic E-state index is 2.50. The van der Waals surface area contributed by atoms with Crippen molar-refractivity contribution in [2.45, 2.75) is 39.0 Å². The standard InChI is InChI=1S/C58H47N/c1-39(2)47-24-13-14-25-50(47)53-36-43-22-11-12-23-44(43)37-56(53)59(46-34-35-52-51-26-15-16-29-54(51)58(3,4)55(52)38-46)45-32-30-42(31-33-45)57-48(40-18-7-5-8-19-40)27-17-28-49(57)41-20-9-6-10-21-41/h5-39H,1-4H3. The number of rotatable bonds is 8. The maximum Gasteiger partial charge on any atom is 0.0546 e. The molecule has 9 aromatic rings. The van der Waals surface area contributed by atoms with Gasteiger partial charge in [0, 0.05) is 22.4 Å². The molecule has 0 aromatic heterocycles. The topological polar surface area (TPSA) is 3.24 Å². The average Bonchev–Trinajstić information content (AvgIpc) is 3.52. The van der Waals surface area contributed by atoms with Gasteiger partial charge in [-0.3, -0.25) is 0 Å². The lowest BCUT2D eigenvalue weighted by Gasteiger charge is -2.31. The zero-order chi connectivity index (χ0) is 40.1. The molecule has 0 spiro atoms. The Labute approximate surface area is 348 Å². The predicted octanol–water partition coefficient (Wildman–Crippen LogP) is 16.4. The van der Waals surface area contributed by atoms with Gasteiger partial charge in [0.1, 0.15) is 0 Å². The van der Waals surface area contributed by atoms with Crippen molar-refractivity contribution in [3.05, 3.63) is 223 Å². The molecule has 0 unspecified atom stereocenters. The summed E-state index contributed by atoms with van der Waals surface area (Å²) in [5, 5.41) is 2.45. The highest BCUT2D eigenvalue weighted by atomic mass is 15.1. The van der Waals surface area contributed by atoms with Crippen LogP contribution in [0.3, 0.4) is 0 Å². The van der Waals surface area contributed by atoms with Gasteiger partial charge in [-0.15, -0.1) is 0 Å². The number of nitrogens with zero attached hydrogens (tertiary/aromatic N) is 1. The van der Waals surface area contributed by atoms with Crippen molar-refractivity contribution < 1.29 is 0 Å². The number of hydrogen-bond donors (Lipinski definition) is 0. The van der Waals surface area contributed by atoms with E-state index in [9.17, 15) is 0 Å². The van der Waals surface area contributed by atoms with Crippen LogP contribution in [0.25, 0.3) is 66.4 Å². The number of benzene rings is 9. The van der Waals surface area contributed by atoms with Gasteiger partial charge in [0.2, 0.25) is 0 Å². The molecule has 9 aromatic carbocycles. The lowest BCUT2D eigenvalue weighted by Crippen LogP contribution is -2.17. The summed E-state index contributed by atoms with van der Waals surface area (Å²) in [5.74, 6) is 0.362. The minimum absolute atomic E-state index is 0.136. The molecule has 0 radical (unpaired) electrons. The van der Waals surface area contributed by atoms with Gasteiger partial charge in [-0.25, -0.2) is 0 Å². The number of anilines is 3. The van der Waals surface area contributed by atoms with E-state index < -0.39 is 0 Å². The molecular formula is C58H47N. The third-order valence-corrected chi connectivity index (χ3v) is 12.5. The van der Waals surface area contributed by atoms with Gasteiger partial charge in [-0.05, 0) is 120 Å². The van der Waals surface area contributed by atoms with E-state index in [2.05, 4.69) is 239 Å². The second-order valence-electron chi connectivity index (χ2n) is 16.7. The molecular weight excluding hydrogens is 711 g/mol. The molecule has 284 valence electrons. The molecule has 1 heteroatoms. The summed E-state index contributed by atoms with van der Waals surface area (Å²) in [4.78, 5) is 2.50. The Morgan fingerprint density at radius 1 is 0.373 bits per heavy atom. The normalized spacial score (nSPS) is 12.7. The van der Waals surface area contributed by atoms with Crippen LogP contribution in [0.15, 0.2) is 206 Å². The fourth-order valence-electron chi connectivity index (χ4n) is 9.49. The van der Waals surface area contributed by atoms with Crippen molar-refractivity contribution in [2.75, 3.05) is 4.90 Å². The summed E-state index contributed by atoms with van der Waals surface area (Å²) < 4.78 is 0. The summed E-state index contributed by atoms with van der Waals surface area (Å²) in [6.07, 6.45) is 0. The Balaban J connectivity index is 1.21. The van der Waals surface area contributed by atoms with E-state index in [1.54, 1.807) is 0 Å². The molecule has 0 fully saturated rings. The van der Waals surface area contributed by atoms with Gasteiger partial charge >= 0.3 is 0 Å². The summed E-state index contributed by atoms with van der Waals surface area (Å²) in [7, 11) is 0. The van der Waals surface area contributed by atoms with Crippen LogP contribution in [0.2, 0.25) is 0 Å². The smallest absolute Gasteiger partial charge is 0.0546 e. The first-order valence-corrected chi connectivity index (χ1v) is 20.9. The molecule has 0 atom stereocenters. The van der Waals surface area contributed by atoms with E-state index in [-0.39, 0.29) is 5.41 Å². The first-order chi connectivity index (χ1) is 28.9. The summed E-state index contributed by atoms with van der Waals surface area (Å²) in [6.45, 7) is 9.34. The van der Waals surface area contributed by atoms with Crippen molar-refractivity contribution in [3.63, 3.8) is 0 Å². The van der Waals surface area contributed by atoms with Gasteiger partial charge < -0.3 is 4.90 Å². The third-order valence-electron chi connectivity index (χ3n) is 12.5. The molecule has 0 amide bonds. The van der Waals surface area contributed by atoms with Crippen LogP contribution in [0, 0.1) is 0 Å². The second-order valence-corrected chi connectivity index (χ2v) is 16.7. The van der Waals surface area contributed by atoms with Gasteiger partial charge in [-0.2, -0.15) is 0 Å². The third kappa shape index (κ3) is 6.35. The molecule has 0 saturated heterocycles. The lowest BCUT2D eigenvalue weighted by atomic mass is 9.82. The van der Waals surface area contributed by atoms with Crippen LogP contribution >= 0.6 is 0 Å². The molecule has 0 saturated carbocycles. The van der Waals surface area contributed by atoms with Crippen molar-refractivity contribution in [3.8, 4) is 55.6 Å². The van der Waals surface area contributed by atoms with Crippen LogP contribution < -0.4 is 4.90 Å². The molecule has 1 aliphatic rings. The van der Waals surface area contributed by atoms with Crippen molar-refractivity contribution in [1.29, 1.82) is 0 Å². The second kappa shape index (κ2) is 14.8. The zero-order valence-corrected chi connectivity index (χ0v) is 34.2. The van der Waals surface area contributed by atoms with Gasteiger partial charge in [0.05, 0.1) is 5.69 Å².